The van der Waals surface area contributed by atoms with Gasteiger partial charge in [0.05, 0.1) is 0 Å². The standard InChI is InChI=1S/C15H23N3O2/c1-4-5-6-14(19)17-12-7-9-13(10-8-12)18-15(20)16-11(2)3/h7-11H,4-6H2,1-3H3,(H,17,19)(H2,16,18,20). The quantitative estimate of drug-likeness (QED) is 0.746. The lowest BCUT2D eigenvalue weighted by atomic mass is 10.2. The number of benzene rings is 1. The summed E-state index contributed by atoms with van der Waals surface area (Å²) in [6.07, 6.45) is 2.43. The summed E-state index contributed by atoms with van der Waals surface area (Å²) in [6, 6.07) is 6.92. The van der Waals surface area contributed by atoms with E-state index in [4.69, 9.17) is 0 Å². The van der Waals surface area contributed by atoms with Crippen molar-refractivity contribution in [2.24, 2.45) is 0 Å². The molecular weight excluding hydrogens is 254 g/mol. The van der Waals surface area contributed by atoms with Crippen LogP contribution in [0.5, 0.6) is 0 Å². The number of rotatable bonds is 6. The largest absolute Gasteiger partial charge is 0.336 e. The van der Waals surface area contributed by atoms with Gasteiger partial charge in [-0.25, -0.2) is 4.79 Å². The van der Waals surface area contributed by atoms with E-state index in [1.54, 1.807) is 24.3 Å². The maximum Gasteiger partial charge on any atom is 0.319 e. The van der Waals surface area contributed by atoms with E-state index in [1.165, 1.54) is 0 Å². The van der Waals surface area contributed by atoms with Gasteiger partial charge in [0, 0.05) is 23.8 Å². The first-order valence-electron chi connectivity index (χ1n) is 6.98. The van der Waals surface area contributed by atoms with Crippen molar-refractivity contribution in [3.63, 3.8) is 0 Å². The van der Waals surface area contributed by atoms with Gasteiger partial charge in [-0.05, 0) is 44.5 Å². The SMILES string of the molecule is CCCCC(=O)Nc1ccc(NC(=O)NC(C)C)cc1. The van der Waals surface area contributed by atoms with Crippen molar-refractivity contribution in [2.75, 3.05) is 10.6 Å². The lowest BCUT2D eigenvalue weighted by Gasteiger charge is -2.11. The summed E-state index contributed by atoms with van der Waals surface area (Å²) in [5.74, 6) is 0.0186. The Bertz CT molecular complexity index is 441. The third-order valence-corrected chi connectivity index (χ3v) is 2.60. The molecule has 1 aromatic carbocycles. The topological polar surface area (TPSA) is 70.2 Å². The lowest BCUT2D eigenvalue weighted by molar-refractivity contribution is -0.116. The molecule has 5 nitrogen and oxygen atoms in total. The zero-order valence-corrected chi connectivity index (χ0v) is 12.3. The number of hydrogen-bond donors (Lipinski definition) is 3. The van der Waals surface area contributed by atoms with E-state index in [1.807, 2.05) is 13.8 Å². The molecular formula is C15H23N3O2. The van der Waals surface area contributed by atoms with Gasteiger partial charge < -0.3 is 16.0 Å². The summed E-state index contributed by atoms with van der Waals surface area (Å²) < 4.78 is 0. The third kappa shape index (κ3) is 6.22. The maximum absolute atomic E-state index is 11.6. The van der Waals surface area contributed by atoms with Gasteiger partial charge in [-0.1, -0.05) is 13.3 Å². The molecule has 3 amide bonds. The number of unbranched alkanes of at least 4 members (excludes halogenated alkanes) is 1. The second kappa shape index (κ2) is 8.19. The highest BCUT2D eigenvalue weighted by Crippen LogP contribution is 2.14. The molecule has 0 bridgehead atoms. The Morgan fingerprint density at radius 1 is 1.05 bits per heavy atom. The van der Waals surface area contributed by atoms with Gasteiger partial charge in [-0.15, -0.1) is 0 Å². The number of nitrogens with one attached hydrogen (secondary N) is 3. The zero-order chi connectivity index (χ0) is 15.0. The highest BCUT2D eigenvalue weighted by molar-refractivity contribution is 5.92. The highest BCUT2D eigenvalue weighted by atomic mass is 16.2. The molecule has 0 atom stereocenters. The molecule has 20 heavy (non-hydrogen) atoms. The van der Waals surface area contributed by atoms with Gasteiger partial charge in [0.2, 0.25) is 5.91 Å². The predicted molar refractivity (Wildman–Crippen MR) is 81.9 cm³/mol. The van der Waals surface area contributed by atoms with Crippen molar-refractivity contribution in [3.8, 4) is 0 Å². The van der Waals surface area contributed by atoms with Crippen molar-refractivity contribution in [1.29, 1.82) is 0 Å². The van der Waals surface area contributed by atoms with Crippen molar-refractivity contribution < 1.29 is 9.59 Å². The Kier molecular flexibility index (Phi) is 6.56. The van der Waals surface area contributed by atoms with Gasteiger partial charge in [-0.2, -0.15) is 0 Å². The van der Waals surface area contributed by atoms with E-state index in [0.717, 1.165) is 18.5 Å². The van der Waals surface area contributed by atoms with Crippen LogP contribution in [0, 0.1) is 0 Å². The Morgan fingerprint density at radius 3 is 2.10 bits per heavy atom. The molecule has 0 fully saturated rings. The first-order chi connectivity index (χ1) is 9.51. The summed E-state index contributed by atoms with van der Waals surface area (Å²) >= 11 is 0. The van der Waals surface area contributed by atoms with Crippen LogP contribution in [0.1, 0.15) is 40.0 Å². The molecule has 0 spiro atoms. The average Bonchev–Trinajstić information content (AvgIpc) is 2.37. The van der Waals surface area contributed by atoms with Gasteiger partial charge in [0.1, 0.15) is 0 Å². The smallest absolute Gasteiger partial charge is 0.319 e. The van der Waals surface area contributed by atoms with E-state index in [2.05, 4.69) is 22.9 Å². The van der Waals surface area contributed by atoms with Crippen LogP contribution < -0.4 is 16.0 Å². The van der Waals surface area contributed by atoms with E-state index < -0.39 is 0 Å². The molecule has 1 rings (SSSR count). The molecule has 0 heterocycles. The zero-order valence-electron chi connectivity index (χ0n) is 12.3. The summed E-state index contributed by atoms with van der Waals surface area (Å²) in [7, 11) is 0. The molecule has 0 aliphatic carbocycles. The second-order valence-corrected chi connectivity index (χ2v) is 4.98. The maximum atomic E-state index is 11.6. The molecule has 1 aromatic rings. The summed E-state index contributed by atoms with van der Waals surface area (Å²) in [6.45, 7) is 5.85. The second-order valence-electron chi connectivity index (χ2n) is 4.98. The van der Waals surface area contributed by atoms with Gasteiger partial charge in [-0.3, -0.25) is 4.79 Å². The number of carbonyl (C=O) groups is 2. The van der Waals surface area contributed by atoms with Gasteiger partial charge in [0.25, 0.3) is 0 Å². The van der Waals surface area contributed by atoms with E-state index >= 15 is 0 Å². The third-order valence-electron chi connectivity index (χ3n) is 2.60. The molecule has 0 aromatic heterocycles. The molecule has 3 N–H and O–H groups in total. The fraction of sp³-hybridized carbons (Fsp3) is 0.467. The number of anilines is 2. The van der Waals surface area contributed by atoms with E-state index in [-0.39, 0.29) is 18.0 Å². The molecule has 5 heteroatoms. The van der Waals surface area contributed by atoms with Crippen LogP contribution >= 0.6 is 0 Å². The minimum atomic E-state index is -0.236. The highest BCUT2D eigenvalue weighted by Gasteiger charge is 2.04. The molecule has 0 saturated carbocycles. The van der Waals surface area contributed by atoms with Crippen LogP contribution in [-0.4, -0.2) is 18.0 Å². The van der Waals surface area contributed by atoms with Crippen molar-refractivity contribution in [2.45, 2.75) is 46.1 Å². The monoisotopic (exact) mass is 277 g/mol. The normalized spacial score (nSPS) is 10.2. The minimum Gasteiger partial charge on any atom is -0.336 e. The molecule has 110 valence electrons. The number of hydrogen-bond acceptors (Lipinski definition) is 2. The van der Waals surface area contributed by atoms with Crippen LogP contribution in [0.25, 0.3) is 0 Å². The van der Waals surface area contributed by atoms with Gasteiger partial charge >= 0.3 is 6.03 Å². The van der Waals surface area contributed by atoms with Crippen molar-refractivity contribution >= 4 is 23.3 Å². The van der Waals surface area contributed by atoms with Crippen molar-refractivity contribution in [3.05, 3.63) is 24.3 Å². The molecule has 0 saturated heterocycles. The van der Waals surface area contributed by atoms with Crippen molar-refractivity contribution in [1.82, 2.24) is 5.32 Å². The Labute approximate surface area is 120 Å². The first-order valence-corrected chi connectivity index (χ1v) is 6.98. The Morgan fingerprint density at radius 2 is 1.60 bits per heavy atom. The lowest BCUT2D eigenvalue weighted by Crippen LogP contribution is -2.34. The molecule has 0 radical (unpaired) electrons. The first kappa shape index (κ1) is 16.0. The van der Waals surface area contributed by atoms with Crippen LogP contribution in [0.4, 0.5) is 16.2 Å². The van der Waals surface area contributed by atoms with Crippen LogP contribution in [0.2, 0.25) is 0 Å². The van der Waals surface area contributed by atoms with Crippen LogP contribution in [0.15, 0.2) is 24.3 Å². The Balaban J connectivity index is 2.47. The number of amides is 3. The molecule has 0 aliphatic heterocycles. The molecule has 0 unspecified atom stereocenters. The van der Waals surface area contributed by atoms with E-state index in [0.29, 0.717) is 12.1 Å². The van der Waals surface area contributed by atoms with Crippen LogP contribution in [0.3, 0.4) is 0 Å². The van der Waals surface area contributed by atoms with E-state index in [9.17, 15) is 9.59 Å². The summed E-state index contributed by atoms with van der Waals surface area (Å²) in [5, 5.41) is 8.29. The number of carbonyl (C=O) groups excluding carboxylic acids is 2. The summed E-state index contributed by atoms with van der Waals surface area (Å²) in [4.78, 5) is 23.1. The molecule has 0 aliphatic rings. The fourth-order valence-electron chi connectivity index (χ4n) is 1.63. The average molecular weight is 277 g/mol. The number of urea groups is 1. The minimum absolute atomic E-state index is 0.0186. The Hall–Kier alpha value is -2.04. The van der Waals surface area contributed by atoms with Crippen LogP contribution in [-0.2, 0) is 4.79 Å². The predicted octanol–water partition coefficient (Wildman–Crippen LogP) is 3.35. The summed E-state index contributed by atoms with van der Waals surface area (Å²) in [5.41, 5.74) is 1.43. The van der Waals surface area contributed by atoms with Gasteiger partial charge in [0.15, 0.2) is 0 Å². The fourth-order valence-corrected chi connectivity index (χ4v) is 1.63.